The fraction of sp³-hybridized carbons (Fsp3) is 0.500. The highest BCUT2D eigenvalue weighted by Gasteiger charge is 2.18. The highest BCUT2D eigenvalue weighted by molar-refractivity contribution is 7.89. The molecule has 90 valence electrons. The maximum absolute atomic E-state index is 11.8. The van der Waals surface area contributed by atoms with Crippen molar-refractivity contribution in [2.45, 2.75) is 37.8 Å². The number of hydrogen-bond acceptors (Lipinski definition) is 3. The molecule has 1 heterocycles. The highest BCUT2D eigenvalue weighted by atomic mass is 32.2. The van der Waals surface area contributed by atoms with E-state index in [4.69, 9.17) is 0 Å². The summed E-state index contributed by atoms with van der Waals surface area (Å²) < 4.78 is 26.2. The second kappa shape index (κ2) is 5.27. The number of nitrogens with zero attached hydrogens (tertiary/aromatic N) is 1. The molecule has 0 radical (unpaired) electrons. The summed E-state index contributed by atoms with van der Waals surface area (Å²) in [5.74, 6) is 0.664. The Bertz CT molecular complexity index is 450. The molecule has 5 nitrogen and oxygen atoms in total. The second-order valence-corrected chi connectivity index (χ2v) is 5.28. The predicted octanol–water partition coefficient (Wildman–Crippen LogP) is 1.21. The summed E-state index contributed by atoms with van der Waals surface area (Å²) in [5, 5.41) is 0.111. The first-order valence-electron chi connectivity index (χ1n) is 5.16. The van der Waals surface area contributed by atoms with E-state index >= 15 is 0 Å². The monoisotopic (exact) mass is 243 g/mol. The standard InChI is InChI=1S/C10H17N3O2S/c1-4-6-8(3)13-16(14,15)10-7-11-9(5-2)12-10/h4,7-8,13H,1,5-6H2,2-3H3,(H,11,12). The minimum Gasteiger partial charge on any atom is -0.332 e. The fourth-order valence-electron chi connectivity index (χ4n) is 1.29. The molecule has 16 heavy (non-hydrogen) atoms. The summed E-state index contributed by atoms with van der Waals surface area (Å²) in [4.78, 5) is 6.72. The number of imidazole rings is 1. The zero-order valence-electron chi connectivity index (χ0n) is 9.53. The van der Waals surface area contributed by atoms with Gasteiger partial charge in [0.1, 0.15) is 5.82 Å². The first-order valence-corrected chi connectivity index (χ1v) is 6.65. The summed E-state index contributed by atoms with van der Waals surface area (Å²) in [6.45, 7) is 7.26. The zero-order valence-corrected chi connectivity index (χ0v) is 10.3. The minimum absolute atomic E-state index is 0.111. The maximum atomic E-state index is 11.8. The van der Waals surface area contributed by atoms with Gasteiger partial charge in [-0.25, -0.2) is 18.1 Å². The van der Waals surface area contributed by atoms with Crippen molar-refractivity contribution in [3.63, 3.8) is 0 Å². The van der Waals surface area contributed by atoms with Crippen molar-refractivity contribution < 1.29 is 8.42 Å². The molecule has 6 heteroatoms. The molecule has 0 saturated carbocycles. The SMILES string of the molecule is C=CCC(C)NS(=O)(=O)c1cnc(CC)[nH]1. The third-order valence-corrected chi connectivity index (χ3v) is 3.61. The fourth-order valence-corrected chi connectivity index (χ4v) is 2.48. The average molecular weight is 243 g/mol. The van der Waals surface area contributed by atoms with E-state index in [0.29, 0.717) is 18.7 Å². The first-order chi connectivity index (χ1) is 7.49. The Labute approximate surface area is 96.0 Å². The van der Waals surface area contributed by atoms with Gasteiger partial charge in [-0.2, -0.15) is 0 Å². The second-order valence-electron chi connectivity index (χ2n) is 3.59. The van der Waals surface area contributed by atoms with Crippen molar-refractivity contribution in [2.24, 2.45) is 0 Å². The van der Waals surface area contributed by atoms with E-state index < -0.39 is 10.0 Å². The molecule has 1 rings (SSSR count). The zero-order chi connectivity index (χ0) is 12.2. The molecule has 0 spiro atoms. The van der Waals surface area contributed by atoms with Crippen molar-refractivity contribution in [1.82, 2.24) is 14.7 Å². The number of sulfonamides is 1. The summed E-state index contributed by atoms with van der Waals surface area (Å²) in [7, 11) is -3.49. The number of aromatic nitrogens is 2. The Morgan fingerprint density at radius 2 is 2.38 bits per heavy atom. The van der Waals surface area contributed by atoms with Gasteiger partial charge in [-0.3, -0.25) is 0 Å². The Balaban J connectivity index is 2.81. The van der Waals surface area contributed by atoms with Gasteiger partial charge in [0.05, 0.1) is 6.20 Å². The van der Waals surface area contributed by atoms with Crippen LogP contribution in [0, 0.1) is 0 Å². The molecule has 0 aliphatic heterocycles. The quantitative estimate of drug-likeness (QED) is 0.738. The van der Waals surface area contributed by atoms with Gasteiger partial charge < -0.3 is 4.98 Å². The van der Waals surface area contributed by atoms with E-state index in [0.717, 1.165) is 0 Å². The molecular weight excluding hydrogens is 226 g/mol. The van der Waals surface area contributed by atoms with Crippen molar-refractivity contribution in [1.29, 1.82) is 0 Å². The van der Waals surface area contributed by atoms with E-state index in [2.05, 4.69) is 21.3 Å². The normalized spacial score (nSPS) is 13.6. The van der Waals surface area contributed by atoms with Gasteiger partial charge in [0.2, 0.25) is 0 Å². The Morgan fingerprint density at radius 1 is 1.69 bits per heavy atom. The molecule has 0 fully saturated rings. The van der Waals surface area contributed by atoms with Gasteiger partial charge in [-0.15, -0.1) is 6.58 Å². The highest BCUT2D eigenvalue weighted by Crippen LogP contribution is 2.07. The van der Waals surface area contributed by atoms with E-state index in [1.807, 2.05) is 6.92 Å². The van der Waals surface area contributed by atoms with Crippen LogP contribution >= 0.6 is 0 Å². The van der Waals surface area contributed by atoms with Crippen molar-refractivity contribution >= 4 is 10.0 Å². The van der Waals surface area contributed by atoms with Crippen LogP contribution in [-0.4, -0.2) is 24.4 Å². The molecule has 1 atom stereocenters. The lowest BCUT2D eigenvalue weighted by atomic mass is 10.3. The summed E-state index contributed by atoms with van der Waals surface area (Å²) in [6, 6.07) is -0.170. The third kappa shape index (κ3) is 3.18. The third-order valence-electron chi connectivity index (χ3n) is 2.11. The van der Waals surface area contributed by atoms with E-state index in [1.165, 1.54) is 6.20 Å². The minimum atomic E-state index is -3.49. The smallest absolute Gasteiger partial charge is 0.257 e. The van der Waals surface area contributed by atoms with Crippen LogP contribution in [0.1, 0.15) is 26.1 Å². The van der Waals surface area contributed by atoms with Gasteiger partial charge in [0.25, 0.3) is 10.0 Å². The lowest BCUT2D eigenvalue weighted by Gasteiger charge is -2.10. The van der Waals surface area contributed by atoms with Crippen molar-refractivity contribution in [2.75, 3.05) is 0 Å². The van der Waals surface area contributed by atoms with Crippen LogP contribution in [0.4, 0.5) is 0 Å². The van der Waals surface area contributed by atoms with Crippen LogP contribution in [0.15, 0.2) is 23.9 Å². The number of rotatable bonds is 6. The molecule has 0 bridgehead atoms. The van der Waals surface area contributed by atoms with Crippen LogP contribution in [0.25, 0.3) is 0 Å². The molecule has 0 aromatic carbocycles. The van der Waals surface area contributed by atoms with Crippen LogP contribution in [0.2, 0.25) is 0 Å². The summed E-state index contributed by atoms with van der Waals surface area (Å²) in [5.41, 5.74) is 0. The predicted molar refractivity (Wildman–Crippen MR) is 62.6 cm³/mol. The topological polar surface area (TPSA) is 74.8 Å². The number of nitrogens with one attached hydrogen (secondary N) is 2. The van der Waals surface area contributed by atoms with Gasteiger partial charge in [-0.05, 0) is 13.3 Å². The van der Waals surface area contributed by atoms with Gasteiger partial charge >= 0.3 is 0 Å². The van der Waals surface area contributed by atoms with Crippen LogP contribution < -0.4 is 4.72 Å². The molecular formula is C10H17N3O2S. The first kappa shape index (κ1) is 12.9. The van der Waals surface area contributed by atoms with Gasteiger partial charge in [-0.1, -0.05) is 13.0 Å². The number of hydrogen-bond donors (Lipinski definition) is 2. The van der Waals surface area contributed by atoms with E-state index in [-0.39, 0.29) is 11.1 Å². The molecule has 1 aromatic heterocycles. The van der Waals surface area contributed by atoms with Crippen LogP contribution in [0.5, 0.6) is 0 Å². The molecule has 1 aromatic rings. The Hall–Kier alpha value is -1.14. The molecule has 1 unspecified atom stereocenters. The van der Waals surface area contributed by atoms with Crippen LogP contribution in [-0.2, 0) is 16.4 Å². The lowest BCUT2D eigenvalue weighted by Crippen LogP contribution is -2.32. The molecule has 2 N–H and O–H groups in total. The summed E-state index contributed by atoms with van der Waals surface area (Å²) in [6.07, 6.45) is 4.28. The lowest BCUT2D eigenvalue weighted by molar-refractivity contribution is 0.559. The van der Waals surface area contributed by atoms with E-state index in [1.54, 1.807) is 13.0 Å². The van der Waals surface area contributed by atoms with Crippen molar-refractivity contribution in [3.05, 3.63) is 24.7 Å². The Morgan fingerprint density at radius 3 is 2.88 bits per heavy atom. The molecule has 0 aliphatic carbocycles. The number of aryl methyl sites for hydroxylation is 1. The number of aromatic amines is 1. The van der Waals surface area contributed by atoms with Crippen molar-refractivity contribution in [3.8, 4) is 0 Å². The number of H-pyrrole nitrogens is 1. The molecule has 0 saturated heterocycles. The van der Waals surface area contributed by atoms with E-state index in [9.17, 15) is 8.42 Å². The Kier molecular flexibility index (Phi) is 4.26. The average Bonchev–Trinajstić information content (AvgIpc) is 2.65. The molecule has 0 amide bonds. The summed E-state index contributed by atoms with van der Waals surface area (Å²) >= 11 is 0. The maximum Gasteiger partial charge on any atom is 0.257 e. The largest absolute Gasteiger partial charge is 0.332 e. The molecule has 0 aliphatic rings. The van der Waals surface area contributed by atoms with Crippen LogP contribution in [0.3, 0.4) is 0 Å². The van der Waals surface area contributed by atoms with Gasteiger partial charge in [0.15, 0.2) is 5.03 Å². The van der Waals surface area contributed by atoms with Gasteiger partial charge in [0, 0.05) is 12.5 Å².